The standard InChI is InChI=1S/C17H17FN4O2/c1-12(24-14-6-4-5-13(18)11-14)17(23)19-9-8-16-21-20-15-7-2-3-10-22(15)16/h2-7,10-12H,8-9H2,1H3,(H,19,23). The first-order chi connectivity index (χ1) is 11.6. The molecule has 3 aromatic rings. The van der Waals surface area contributed by atoms with E-state index in [9.17, 15) is 9.18 Å². The molecule has 0 aliphatic carbocycles. The molecule has 24 heavy (non-hydrogen) atoms. The number of rotatable bonds is 6. The third kappa shape index (κ3) is 3.68. The highest BCUT2D eigenvalue weighted by Gasteiger charge is 2.15. The van der Waals surface area contributed by atoms with Gasteiger partial charge >= 0.3 is 0 Å². The Morgan fingerprint density at radius 1 is 1.29 bits per heavy atom. The van der Waals surface area contributed by atoms with Crippen LogP contribution >= 0.6 is 0 Å². The number of hydrogen-bond donors (Lipinski definition) is 1. The third-order valence-corrected chi connectivity index (χ3v) is 3.51. The van der Waals surface area contributed by atoms with Crippen molar-refractivity contribution >= 4 is 11.6 Å². The molecule has 124 valence electrons. The molecule has 6 nitrogen and oxygen atoms in total. The van der Waals surface area contributed by atoms with Crippen molar-refractivity contribution in [3.8, 4) is 5.75 Å². The molecule has 1 amide bonds. The van der Waals surface area contributed by atoms with E-state index in [2.05, 4.69) is 15.5 Å². The summed E-state index contributed by atoms with van der Waals surface area (Å²) in [6, 6.07) is 11.4. The average molecular weight is 328 g/mol. The fourth-order valence-electron chi connectivity index (χ4n) is 2.30. The predicted octanol–water partition coefficient (Wildman–Crippen LogP) is 1.99. The van der Waals surface area contributed by atoms with Crippen molar-refractivity contribution in [1.29, 1.82) is 0 Å². The highest BCUT2D eigenvalue weighted by molar-refractivity contribution is 5.80. The second kappa shape index (κ2) is 7.08. The van der Waals surface area contributed by atoms with Gasteiger partial charge in [0.15, 0.2) is 11.8 Å². The molecule has 1 N–H and O–H groups in total. The number of pyridine rings is 1. The molecule has 3 rings (SSSR count). The van der Waals surface area contributed by atoms with Crippen molar-refractivity contribution in [2.24, 2.45) is 0 Å². The predicted molar refractivity (Wildman–Crippen MR) is 86.2 cm³/mol. The molecule has 0 saturated carbocycles. The zero-order chi connectivity index (χ0) is 16.9. The van der Waals surface area contributed by atoms with Crippen molar-refractivity contribution in [3.63, 3.8) is 0 Å². The van der Waals surface area contributed by atoms with E-state index < -0.39 is 11.9 Å². The van der Waals surface area contributed by atoms with Crippen LogP contribution in [0.25, 0.3) is 5.65 Å². The summed E-state index contributed by atoms with van der Waals surface area (Å²) in [5, 5.41) is 10.9. The van der Waals surface area contributed by atoms with Gasteiger partial charge in [-0.1, -0.05) is 12.1 Å². The maximum Gasteiger partial charge on any atom is 0.260 e. The number of ether oxygens (including phenoxy) is 1. The van der Waals surface area contributed by atoms with Crippen molar-refractivity contribution in [2.45, 2.75) is 19.4 Å². The summed E-state index contributed by atoms with van der Waals surface area (Å²) in [6.07, 6.45) is 1.70. The first-order valence-corrected chi connectivity index (χ1v) is 7.62. The van der Waals surface area contributed by atoms with E-state index in [1.807, 2.05) is 28.8 Å². The lowest BCUT2D eigenvalue weighted by atomic mass is 10.3. The van der Waals surface area contributed by atoms with Gasteiger partial charge in [-0.05, 0) is 31.2 Å². The van der Waals surface area contributed by atoms with Crippen LogP contribution in [-0.2, 0) is 11.2 Å². The van der Waals surface area contributed by atoms with E-state index in [1.165, 1.54) is 18.2 Å². The molecule has 1 atom stereocenters. The number of nitrogens with one attached hydrogen (secondary N) is 1. The van der Waals surface area contributed by atoms with Gasteiger partial charge in [0.05, 0.1) is 0 Å². The summed E-state index contributed by atoms with van der Waals surface area (Å²) in [7, 11) is 0. The van der Waals surface area contributed by atoms with Gasteiger partial charge in [0.1, 0.15) is 17.4 Å². The monoisotopic (exact) mass is 328 g/mol. The molecule has 0 fully saturated rings. The number of carbonyl (C=O) groups excluding carboxylic acids is 1. The maximum absolute atomic E-state index is 13.1. The zero-order valence-electron chi connectivity index (χ0n) is 13.1. The quantitative estimate of drug-likeness (QED) is 0.751. The number of benzene rings is 1. The summed E-state index contributed by atoms with van der Waals surface area (Å²) in [4.78, 5) is 12.1. The summed E-state index contributed by atoms with van der Waals surface area (Å²) in [5.74, 6) is 0.414. The van der Waals surface area contributed by atoms with E-state index in [4.69, 9.17) is 4.74 Å². The molecule has 2 aromatic heterocycles. The Labute approximate surface area is 138 Å². The summed E-state index contributed by atoms with van der Waals surface area (Å²) in [5.41, 5.74) is 0.765. The van der Waals surface area contributed by atoms with Crippen LogP contribution in [0.1, 0.15) is 12.7 Å². The van der Waals surface area contributed by atoms with E-state index in [-0.39, 0.29) is 5.91 Å². The van der Waals surface area contributed by atoms with Gasteiger partial charge < -0.3 is 10.1 Å². The van der Waals surface area contributed by atoms with E-state index in [0.29, 0.717) is 18.7 Å². The molecule has 2 heterocycles. The van der Waals surface area contributed by atoms with Crippen LogP contribution in [0.4, 0.5) is 4.39 Å². The van der Waals surface area contributed by atoms with Crippen molar-refractivity contribution < 1.29 is 13.9 Å². The van der Waals surface area contributed by atoms with Gasteiger partial charge in [0.2, 0.25) is 0 Å². The smallest absolute Gasteiger partial charge is 0.260 e. The Kier molecular flexibility index (Phi) is 4.69. The highest BCUT2D eigenvalue weighted by Crippen LogP contribution is 2.13. The summed E-state index contributed by atoms with van der Waals surface area (Å²) < 4.78 is 20.4. The number of nitrogens with zero attached hydrogens (tertiary/aromatic N) is 3. The minimum atomic E-state index is -0.720. The van der Waals surface area contributed by atoms with E-state index in [1.54, 1.807) is 13.0 Å². The maximum atomic E-state index is 13.1. The first kappa shape index (κ1) is 15.9. The number of carbonyl (C=O) groups is 1. The molecule has 0 radical (unpaired) electrons. The molecular weight excluding hydrogens is 311 g/mol. The molecule has 0 aliphatic heterocycles. The Morgan fingerprint density at radius 3 is 3.00 bits per heavy atom. The lowest BCUT2D eigenvalue weighted by molar-refractivity contribution is -0.127. The lowest BCUT2D eigenvalue weighted by Gasteiger charge is -2.14. The molecule has 0 bridgehead atoms. The topological polar surface area (TPSA) is 68.5 Å². The molecule has 0 spiro atoms. The second-order valence-corrected chi connectivity index (χ2v) is 5.30. The first-order valence-electron chi connectivity index (χ1n) is 7.62. The molecule has 1 aromatic carbocycles. The van der Waals surface area contributed by atoms with Gasteiger partial charge in [0, 0.05) is 25.2 Å². The normalized spacial score (nSPS) is 12.1. The van der Waals surface area contributed by atoms with Crippen LogP contribution in [0.3, 0.4) is 0 Å². The minimum Gasteiger partial charge on any atom is -0.481 e. The van der Waals surface area contributed by atoms with Crippen molar-refractivity contribution in [3.05, 3.63) is 60.3 Å². The number of amides is 1. The van der Waals surface area contributed by atoms with Crippen LogP contribution in [0.5, 0.6) is 5.75 Å². The zero-order valence-corrected chi connectivity index (χ0v) is 13.1. The molecule has 0 saturated heterocycles. The van der Waals surface area contributed by atoms with Gasteiger partial charge in [-0.25, -0.2) is 4.39 Å². The number of fused-ring (bicyclic) bond motifs is 1. The second-order valence-electron chi connectivity index (χ2n) is 5.30. The van der Waals surface area contributed by atoms with Gasteiger partial charge in [-0.15, -0.1) is 10.2 Å². The van der Waals surface area contributed by atoms with Crippen LogP contribution in [0, 0.1) is 5.82 Å². The number of aromatic nitrogens is 3. The third-order valence-electron chi connectivity index (χ3n) is 3.51. The largest absolute Gasteiger partial charge is 0.481 e. The van der Waals surface area contributed by atoms with Crippen molar-refractivity contribution in [1.82, 2.24) is 19.9 Å². The van der Waals surface area contributed by atoms with Crippen LogP contribution in [0.15, 0.2) is 48.7 Å². The van der Waals surface area contributed by atoms with Crippen molar-refractivity contribution in [2.75, 3.05) is 6.54 Å². The molecule has 7 heteroatoms. The highest BCUT2D eigenvalue weighted by atomic mass is 19.1. The fraction of sp³-hybridized carbons (Fsp3) is 0.235. The summed E-state index contributed by atoms with van der Waals surface area (Å²) in [6.45, 7) is 2.03. The average Bonchev–Trinajstić information content (AvgIpc) is 2.98. The van der Waals surface area contributed by atoms with E-state index in [0.717, 1.165) is 11.5 Å². The van der Waals surface area contributed by atoms with E-state index >= 15 is 0 Å². The van der Waals surface area contributed by atoms with Crippen LogP contribution in [-0.4, -0.2) is 33.2 Å². The SMILES string of the molecule is CC(Oc1cccc(F)c1)C(=O)NCCc1nnc2ccccn12. The van der Waals surface area contributed by atoms with Gasteiger partial charge in [0.25, 0.3) is 5.91 Å². The Balaban J connectivity index is 1.51. The minimum absolute atomic E-state index is 0.270. The Bertz CT molecular complexity index is 849. The number of hydrogen-bond acceptors (Lipinski definition) is 4. The Hall–Kier alpha value is -2.96. The van der Waals surface area contributed by atoms with Crippen LogP contribution < -0.4 is 10.1 Å². The lowest BCUT2D eigenvalue weighted by Crippen LogP contribution is -2.37. The van der Waals surface area contributed by atoms with Gasteiger partial charge in [-0.2, -0.15) is 0 Å². The fourth-order valence-corrected chi connectivity index (χ4v) is 2.30. The van der Waals surface area contributed by atoms with Crippen LogP contribution in [0.2, 0.25) is 0 Å². The summed E-state index contributed by atoms with van der Waals surface area (Å²) >= 11 is 0. The van der Waals surface area contributed by atoms with Gasteiger partial charge in [-0.3, -0.25) is 9.20 Å². The Morgan fingerprint density at radius 2 is 2.17 bits per heavy atom. The molecule has 0 aliphatic rings. The molecular formula is C17H17FN4O2. The molecule has 1 unspecified atom stereocenters. The number of halogens is 1.